The van der Waals surface area contributed by atoms with Crippen LogP contribution in [0.1, 0.15) is 30.2 Å². The molecule has 0 aliphatic carbocycles. The van der Waals surface area contributed by atoms with Gasteiger partial charge in [-0.1, -0.05) is 17.8 Å². The smallest absolute Gasteiger partial charge is 0.225 e. The second-order valence-electron chi connectivity index (χ2n) is 4.99. The molecule has 0 aliphatic rings. The predicted molar refractivity (Wildman–Crippen MR) is 98.9 cm³/mol. The van der Waals surface area contributed by atoms with Gasteiger partial charge in [0.05, 0.1) is 5.69 Å². The van der Waals surface area contributed by atoms with Gasteiger partial charge < -0.3 is 0 Å². The van der Waals surface area contributed by atoms with Crippen LogP contribution in [0.2, 0.25) is 0 Å². The van der Waals surface area contributed by atoms with E-state index < -0.39 is 0 Å². The second-order valence-corrected chi connectivity index (χ2v) is 7.81. The molecule has 0 aliphatic heterocycles. The van der Waals surface area contributed by atoms with Gasteiger partial charge in [-0.25, -0.2) is 9.97 Å². The lowest BCUT2D eigenvalue weighted by Gasteiger charge is -2.14. The molecular weight excluding hydrogens is 362 g/mol. The van der Waals surface area contributed by atoms with Gasteiger partial charge in [-0.2, -0.15) is 0 Å². The molecule has 6 nitrogen and oxygen atoms in total. The lowest BCUT2D eigenvalue weighted by atomic mass is 10.3. The predicted octanol–water partition coefficient (Wildman–Crippen LogP) is 3.58. The molecule has 3 aromatic heterocycles. The Hall–Kier alpha value is -1.71. The Bertz CT molecular complexity index is 796. The zero-order valence-corrected chi connectivity index (χ0v) is 15.8. The van der Waals surface area contributed by atoms with Crippen molar-refractivity contribution in [1.82, 2.24) is 20.2 Å². The zero-order valence-electron chi connectivity index (χ0n) is 13.4. The number of thiazole rings is 1. The van der Waals surface area contributed by atoms with Gasteiger partial charge in [-0.3, -0.25) is 14.8 Å². The summed E-state index contributed by atoms with van der Waals surface area (Å²) in [5, 5.41) is 12.7. The summed E-state index contributed by atoms with van der Waals surface area (Å²) in [5.41, 5.74) is 0.935. The Labute approximate surface area is 152 Å². The summed E-state index contributed by atoms with van der Waals surface area (Å²) in [7, 11) is 0. The van der Waals surface area contributed by atoms with E-state index in [2.05, 4.69) is 31.6 Å². The molecule has 24 heavy (non-hydrogen) atoms. The van der Waals surface area contributed by atoms with Crippen molar-refractivity contribution < 1.29 is 4.79 Å². The van der Waals surface area contributed by atoms with Crippen molar-refractivity contribution >= 4 is 45.5 Å². The molecule has 126 valence electrons. The summed E-state index contributed by atoms with van der Waals surface area (Å²) in [6.07, 6.45) is 0.774. The number of H-pyrrole nitrogens is 1. The van der Waals surface area contributed by atoms with E-state index in [9.17, 15) is 4.79 Å². The number of nitrogens with one attached hydrogen (secondary N) is 1. The first-order valence-corrected chi connectivity index (χ1v) is 10.2. The van der Waals surface area contributed by atoms with Crippen LogP contribution in [-0.2, 0) is 17.0 Å². The highest BCUT2D eigenvalue weighted by molar-refractivity contribution is 7.98. The molecule has 1 amide bonds. The van der Waals surface area contributed by atoms with Gasteiger partial charge in [0, 0.05) is 35.9 Å². The number of nitrogens with zero attached hydrogens (tertiary/aromatic N) is 4. The summed E-state index contributed by atoms with van der Waals surface area (Å²) >= 11 is 4.74. The molecule has 3 aromatic rings. The first-order chi connectivity index (χ1) is 11.7. The van der Waals surface area contributed by atoms with Gasteiger partial charge in [0.15, 0.2) is 5.13 Å². The first-order valence-electron chi connectivity index (χ1n) is 7.44. The molecule has 0 saturated heterocycles. The number of carbonyl (C=O) groups is 1. The van der Waals surface area contributed by atoms with E-state index in [4.69, 9.17) is 0 Å². The third-order valence-electron chi connectivity index (χ3n) is 3.25. The van der Waals surface area contributed by atoms with Crippen molar-refractivity contribution in [2.24, 2.45) is 0 Å². The second kappa shape index (κ2) is 7.91. The van der Waals surface area contributed by atoms with Gasteiger partial charge in [-0.15, -0.1) is 27.8 Å². The van der Waals surface area contributed by atoms with Crippen LogP contribution < -0.4 is 4.90 Å². The van der Waals surface area contributed by atoms with Crippen LogP contribution in [0.25, 0.3) is 0 Å². The molecule has 0 bridgehead atoms. The normalized spacial score (nSPS) is 10.9. The highest BCUT2D eigenvalue weighted by Crippen LogP contribution is 2.25. The molecule has 0 atom stereocenters. The van der Waals surface area contributed by atoms with E-state index in [1.165, 1.54) is 28.0 Å². The van der Waals surface area contributed by atoms with Gasteiger partial charge in [0.2, 0.25) is 11.1 Å². The van der Waals surface area contributed by atoms with Gasteiger partial charge in [0.1, 0.15) is 5.82 Å². The average Bonchev–Trinajstić information content (AvgIpc) is 3.28. The quantitative estimate of drug-likeness (QED) is 0.635. The van der Waals surface area contributed by atoms with Crippen LogP contribution in [-0.4, -0.2) is 32.6 Å². The molecule has 0 unspecified atom stereocenters. The highest BCUT2D eigenvalue weighted by atomic mass is 32.2. The summed E-state index contributed by atoms with van der Waals surface area (Å²) in [4.78, 5) is 23.5. The fourth-order valence-electron chi connectivity index (χ4n) is 2.12. The standard InChI is InChI=1S/C15H17N5OS3/c1-3-20(10(2)21)15-16-11(9-24-15)8-23-14-17-13(18-19-14)7-12-5-4-6-22-12/h4-6,9H,3,7-8H2,1-2H3,(H,17,18,19). The van der Waals surface area contributed by atoms with E-state index in [0.717, 1.165) is 28.2 Å². The highest BCUT2D eigenvalue weighted by Gasteiger charge is 2.14. The van der Waals surface area contributed by atoms with Crippen molar-refractivity contribution in [2.75, 3.05) is 11.4 Å². The number of anilines is 1. The fourth-order valence-corrected chi connectivity index (χ4v) is 4.57. The topological polar surface area (TPSA) is 74.8 Å². The Balaban J connectivity index is 1.57. The van der Waals surface area contributed by atoms with Gasteiger partial charge in [-0.05, 0) is 18.4 Å². The summed E-state index contributed by atoms with van der Waals surface area (Å²) in [6, 6.07) is 4.12. The number of rotatable bonds is 7. The number of thioether (sulfide) groups is 1. The van der Waals surface area contributed by atoms with Crippen molar-refractivity contribution in [3.8, 4) is 0 Å². The van der Waals surface area contributed by atoms with Crippen molar-refractivity contribution in [1.29, 1.82) is 0 Å². The van der Waals surface area contributed by atoms with E-state index in [1.807, 2.05) is 18.4 Å². The maximum Gasteiger partial charge on any atom is 0.225 e. The molecule has 1 N–H and O–H groups in total. The van der Waals surface area contributed by atoms with Crippen LogP contribution >= 0.6 is 34.4 Å². The minimum atomic E-state index is 0.0123. The van der Waals surface area contributed by atoms with Crippen molar-refractivity contribution in [2.45, 2.75) is 31.2 Å². The molecular formula is C15H17N5OS3. The molecule has 3 rings (SSSR count). The van der Waals surface area contributed by atoms with E-state index in [1.54, 1.807) is 23.2 Å². The number of carbonyl (C=O) groups excluding carboxylic acids is 1. The Morgan fingerprint density at radius 3 is 2.96 bits per heavy atom. The summed E-state index contributed by atoms with van der Waals surface area (Å²) in [6.45, 7) is 4.13. The minimum absolute atomic E-state index is 0.0123. The Morgan fingerprint density at radius 2 is 2.25 bits per heavy atom. The maximum atomic E-state index is 11.6. The number of aromatic amines is 1. The lowest BCUT2D eigenvalue weighted by molar-refractivity contribution is -0.116. The van der Waals surface area contributed by atoms with Gasteiger partial charge in [0.25, 0.3) is 0 Å². The summed E-state index contributed by atoms with van der Waals surface area (Å²) in [5.74, 6) is 1.56. The Morgan fingerprint density at radius 1 is 1.38 bits per heavy atom. The zero-order chi connectivity index (χ0) is 16.9. The maximum absolute atomic E-state index is 11.6. The largest absolute Gasteiger partial charge is 0.289 e. The number of amides is 1. The van der Waals surface area contributed by atoms with Crippen LogP contribution in [0.5, 0.6) is 0 Å². The van der Waals surface area contributed by atoms with Gasteiger partial charge >= 0.3 is 0 Å². The molecule has 9 heteroatoms. The molecule has 0 fully saturated rings. The molecule has 0 saturated carbocycles. The minimum Gasteiger partial charge on any atom is -0.289 e. The third-order valence-corrected chi connectivity index (χ3v) is 5.92. The van der Waals surface area contributed by atoms with Crippen LogP contribution in [0.3, 0.4) is 0 Å². The van der Waals surface area contributed by atoms with Crippen LogP contribution in [0.15, 0.2) is 28.0 Å². The van der Waals surface area contributed by atoms with E-state index in [0.29, 0.717) is 12.3 Å². The number of thiophene rings is 1. The third kappa shape index (κ3) is 4.22. The SMILES string of the molecule is CCN(C(C)=O)c1nc(CSc2n[nH]c(Cc3cccs3)n2)cs1. The average molecular weight is 380 g/mol. The fraction of sp³-hybridized carbons (Fsp3) is 0.333. The van der Waals surface area contributed by atoms with Crippen molar-refractivity contribution in [3.63, 3.8) is 0 Å². The van der Waals surface area contributed by atoms with Crippen molar-refractivity contribution in [3.05, 3.63) is 39.3 Å². The number of aromatic nitrogens is 4. The number of hydrogen-bond acceptors (Lipinski definition) is 7. The molecule has 3 heterocycles. The molecule has 0 radical (unpaired) electrons. The molecule has 0 spiro atoms. The van der Waals surface area contributed by atoms with Crippen LogP contribution in [0.4, 0.5) is 5.13 Å². The first kappa shape index (κ1) is 17.1. The monoisotopic (exact) mass is 379 g/mol. The van der Waals surface area contributed by atoms with E-state index >= 15 is 0 Å². The van der Waals surface area contributed by atoms with E-state index in [-0.39, 0.29) is 5.91 Å². The summed E-state index contributed by atoms with van der Waals surface area (Å²) < 4.78 is 0. The lowest BCUT2D eigenvalue weighted by Crippen LogP contribution is -2.27. The number of hydrogen-bond donors (Lipinski definition) is 1. The molecule has 0 aromatic carbocycles. The Kier molecular flexibility index (Phi) is 5.64. The van der Waals surface area contributed by atoms with Crippen LogP contribution in [0, 0.1) is 0 Å².